The van der Waals surface area contributed by atoms with Gasteiger partial charge in [-0.15, -0.1) is 0 Å². The highest BCUT2D eigenvalue weighted by Crippen LogP contribution is 2.85. The Hall–Kier alpha value is -2.27. The summed E-state index contributed by atoms with van der Waals surface area (Å²) < 4.78 is 5.47. The third-order valence-corrected chi connectivity index (χ3v) is 7.35. The summed E-state index contributed by atoms with van der Waals surface area (Å²) in [5.41, 5.74) is 2.65. The Labute approximate surface area is 158 Å². The molecule has 0 radical (unpaired) electrons. The van der Waals surface area contributed by atoms with Gasteiger partial charge in [-0.3, -0.25) is 4.79 Å². The van der Waals surface area contributed by atoms with Crippen molar-refractivity contribution in [3.8, 4) is 0 Å². The second kappa shape index (κ2) is 5.38. The van der Waals surface area contributed by atoms with Crippen molar-refractivity contribution in [3.63, 3.8) is 0 Å². The number of aromatic amines is 1. The number of pyridine rings is 1. The van der Waals surface area contributed by atoms with Crippen LogP contribution >= 0.6 is 0 Å². The molecule has 0 amide bonds. The number of fused-ring (bicyclic) bond motifs is 1. The highest BCUT2D eigenvalue weighted by Gasteiger charge is 2.91. The van der Waals surface area contributed by atoms with E-state index in [-0.39, 0.29) is 11.1 Å². The lowest BCUT2D eigenvalue weighted by atomic mass is 9.99. The molecule has 140 valence electrons. The van der Waals surface area contributed by atoms with Gasteiger partial charge in [0, 0.05) is 42.5 Å². The van der Waals surface area contributed by atoms with Crippen molar-refractivity contribution in [2.45, 2.75) is 24.9 Å². The fraction of sp³-hybridized carbons (Fsp3) is 0.500. The van der Waals surface area contributed by atoms with Crippen molar-refractivity contribution in [3.05, 3.63) is 58.4 Å². The lowest BCUT2D eigenvalue weighted by molar-refractivity contribution is 0.122. The quantitative estimate of drug-likeness (QED) is 0.905. The number of nitrogens with zero attached hydrogens (tertiary/aromatic N) is 2. The van der Waals surface area contributed by atoms with Crippen LogP contribution in [0.3, 0.4) is 0 Å². The smallest absolute Gasteiger partial charge is 0.251 e. The predicted octanol–water partition coefficient (Wildman–Crippen LogP) is 2.28. The van der Waals surface area contributed by atoms with Gasteiger partial charge in [0.1, 0.15) is 5.82 Å². The summed E-state index contributed by atoms with van der Waals surface area (Å²) in [7, 11) is 0. The molecule has 2 bridgehead atoms. The molecule has 5 heteroatoms. The van der Waals surface area contributed by atoms with Gasteiger partial charge in [-0.05, 0) is 36.7 Å². The molecule has 2 aromatic rings. The van der Waals surface area contributed by atoms with Gasteiger partial charge < -0.3 is 19.5 Å². The average molecular weight is 363 g/mol. The normalized spacial score (nSPS) is 35.9. The van der Waals surface area contributed by atoms with Gasteiger partial charge in [0.05, 0.1) is 13.2 Å². The van der Waals surface area contributed by atoms with Crippen LogP contribution in [0.15, 0.2) is 47.3 Å². The number of ether oxygens (including phenoxy) is 1. The Kier molecular flexibility index (Phi) is 3.14. The van der Waals surface area contributed by atoms with Gasteiger partial charge >= 0.3 is 0 Å². The van der Waals surface area contributed by atoms with E-state index < -0.39 is 0 Å². The Morgan fingerprint density at radius 1 is 1.15 bits per heavy atom. The van der Waals surface area contributed by atoms with Gasteiger partial charge in [-0.2, -0.15) is 0 Å². The largest absolute Gasteiger partial charge is 0.378 e. The number of hydrogen-bond donors (Lipinski definition) is 1. The topological polar surface area (TPSA) is 48.6 Å². The van der Waals surface area contributed by atoms with Crippen LogP contribution in [0.4, 0.5) is 11.5 Å². The highest BCUT2D eigenvalue weighted by atomic mass is 16.5. The fourth-order valence-corrected chi connectivity index (χ4v) is 6.06. The van der Waals surface area contributed by atoms with E-state index in [0.29, 0.717) is 6.04 Å². The summed E-state index contributed by atoms with van der Waals surface area (Å²) in [6.45, 7) is 5.53. The van der Waals surface area contributed by atoms with Crippen molar-refractivity contribution < 1.29 is 4.74 Å². The van der Waals surface area contributed by atoms with Crippen molar-refractivity contribution in [2.24, 2.45) is 17.8 Å². The molecule has 5 fully saturated rings. The van der Waals surface area contributed by atoms with E-state index in [0.717, 1.165) is 62.0 Å². The van der Waals surface area contributed by atoms with Crippen LogP contribution in [0.1, 0.15) is 12.5 Å². The minimum absolute atomic E-state index is 0.00449. The van der Waals surface area contributed by atoms with Crippen LogP contribution in [0, 0.1) is 17.8 Å². The summed E-state index contributed by atoms with van der Waals surface area (Å²) in [5, 5.41) is 0. The molecule has 3 aliphatic heterocycles. The van der Waals surface area contributed by atoms with E-state index in [1.807, 2.05) is 0 Å². The Morgan fingerprint density at radius 2 is 1.89 bits per heavy atom. The first-order valence-electron chi connectivity index (χ1n) is 10.1. The second-order valence-electron chi connectivity index (χ2n) is 8.67. The lowest BCUT2D eigenvalue weighted by Crippen LogP contribution is -2.40. The molecule has 3 saturated heterocycles. The first-order chi connectivity index (χ1) is 13.2. The molecule has 7 rings (SSSR count). The first kappa shape index (κ1) is 15.8. The third-order valence-electron chi connectivity index (χ3n) is 7.35. The Morgan fingerprint density at radius 3 is 2.63 bits per heavy atom. The molecular formula is C22H25N3O2. The summed E-state index contributed by atoms with van der Waals surface area (Å²) in [4.78, 5) is 20.4. The number of nitrogens with one attached hydrogen (secondary N) is 1. The maximum absolute atomic E-state index is 12.5. The number of H-pyrrole nitrogens is 1. The molecule has 4 heterocycles. The summed E-state index contributed by atoms with van der Waals surface area (Å²) in [6, 6.07) is 15.2. The standard InChI is InChI=1S/C22H25N3O2/c1-22-20-19(21(20)22)16(11-14-5-3-2-4-6-14)25(22)17-12-15(13-18(26)23-17)24-7-9-27-10-8-24/h2-6,12-13,16,19-21H,7-11H2,1H3,(H,23,26)/t16-,19?,20+,21?,22?/m0/s1. The van der Waals surface area contributed by atoms with Crippen molar-refractivity contribution in [1.29, 1.82) is 0 Å². The van der Waals surface area contributed by atoms with Crippen LogP contribution < -0.4 is 15.4 Å². The van der Waals surface area contributed by atoms with E-state index in [1.165, 1.54) is 5.56 Å². The molecular weight excluding hydrogens is 338 g/mol. The molecule has 2 saturated carbocycles. The van der Waals surface area contributed by atoms with Crippen LogP contribution in [-0.2, 0) is 11.2 Å². The van der Waals surface area contributed by atoms with E-state index >= 15 is 0 Å². The number of hydrogen-bond acceptors (Lipinski definition) is 4. The SMILES string of the molecule is CC12C3C([C@H]31)[C@H](Cc1ccccc1)N2c1cc(N2CCOCC2)cc(=O)[nH]1. The third kappa shape index (κ3) is 2.18. The minimum Gasteiger partial charge on any atom is -0.378 e. The molecule has 5 aliphatic rings. The van der Waals surface area contributed by atoms with Gasteiger partial charge in [0.15, 0.2) is 0 Å². The molecule has 1 aromatic carbocycles. The maximum Gasteiger partial charge on any atom is 0.251 e. The van der Waals surface area contributed by atoms with E-state index in [1.54, 1.807) is 6.07 Å². The first-order valence-corrected chi connectivity index (χ1v) is 10.1. The number of rotatable bonds is 4. The lowest BCUT2D eigenvalue weighted by Gasteiger charge is -2.33. The molecule has 1 aromatic heterocycles. The minimum atomic E-state index is -0.00449. The van der Waals surface area contributed by atoms with Crippen LogP contribution in [0.5, 0.6) is 0 Å². The molecule has 3 unspecified atom stereocenters. The number of morpholine rings is 1. The second-order valence-corrected chi connectivity index (χ2v) is 8.67. The molecule has 1 N–H and O–H groups in total. The Balaban J connectivity index is 1.35. The van der Waals surface area contributed by atoms with E-state index in [2.05, 4.69) is 58.1 Å². The zero-order valence-electron chi connectivity index (χ0n) is 15.6. The molecule has 5 atom stereocenters. The van der Waals surface area contributed by atoms with Crippen molar-refractivity contribution in [2.75, 3.05) is 36.1 Å². The van der Waals surface area contributed by atoms with Gasteiger partial charge in [0.25, 0.3) is 5.56 Å². The molecule has 2 aliphatic carbocycles. The number of anilines is 2. The van der Waals surface area contributed by atoms with Gasteiger partial charge in [-0.25, -0.2) is 0 Å². The summed E-state index contributed by atoms with van der Waals surface area (Å²) in [6.07, 6.45) is 1.05. The number of benzene rings is 1. The highest BCUT2D eigenvalue weighted by molar-refractivity contribution is 5.65. The molecule has 27 heavy (non-hydrogen) atoms. The van der Waals surface area contributed by atoms with Gasteiger partial charge in [0.2, 0.25) is 0 Å². The van der Waals surface area contributed by atoms with Gasteiger partial charge in [-0.1, -0.05) is 30.3 Å². The zero-order valence-corrected chi connectivity index (χ0v) is 15.6. The van der Waals surface area contributed by atoms with Crippen molar-refractivity contribution in [1.82, 2.24) is 4.98 Å². The van der Waals surface area contributed by atoms with Crippen LogP contribution in [0.2, 0.25) is 0 Å². The van der Waals surface area contributed by atoms with E-state index in [4.69, 9.17) is 4.74 Å². The summed E-state index contributed by atoms with van der Waals surface area (Å²) >= 11 is 0. The maximum atomic E-state index is 12.5. The zero-order chi connectivity index (χ0) is 18.2. The molecule has 0 spiro atoms. The average Bonchev–Trinajstić information content (AvgIpc) is 3.54. The Bertz CT molecular complexity index is 924. The van der Waals surface area contributed by atoms with Crippen LogP contribution in [0.25, 0.3) is 0 Å². The number of piperidine rings is 1. The van der Waals surface area contributed by atoms with Crippen molar-refractivity contribution >= 4 is 11.5 Å². The summed E-state index contributed by atoms with van der Waals surface area (Å²) in [5.74, 6) is 3.44. The predicted molar refractivity (Wildman–Crippen MR) is 105 cm³/mol. The monoisotopic (exact) mass is 363 g/mol. The fourth-order valence-electron chi connectivity index (χ4n) is 6.06. The van der Waals surface area contributed by atoms with E-state index in [9.17, 15) is 4.79 Å². The molecule has 5 nitrogen and oxygen atoms in total. The number of aromatic nitrogens is 1. The van der Waals surface area contributed by atoms with Crippen LogP contribution in [-0.4, -0.2) is 42.9 Å².